The van der Waals surface area contributed by atoms with E-state index in [1.807, 2.05) is 13.8 Å². The molecule has 1 rings (SSSR count). The SMILES string of the molecule is CC(C)N(C)S(=O)(=O)c1cc(CN)ccc1Br. The maximum absolute atomic E-state index is 12.3. The van der Waals surface area contributed by atoms with Crippen molar-refractivity contribution in [3.63, 3.8) is 0 Å². The zero-order valence-corrected chi connectivity index (χ0v) is 12.5. The number of hydrogen-bond donors (Lipinski definition) is 1. The predicted octanol–water partition coefficient (Wildman–Crippen LogP) is 1.94. The Morgan fingerprint density at radius 2 is 2.00 bits per heavy atom. The van der Waals surface area contributed by atoms with Gasteiger partial charge in [0, 0.05) is 24.1 Å². The minimum atomic E-state index is -3.47. The highest BCUT2D eigenvalue weighted by Gasteiger charge is 2.25. The number of hydrogen-bond acceptors (Lipinski definition) is 3. The van der Waals surface area contributed by atoms with E-state index in [9.17, 15) is 8.42 Å². The van der Waals surface area contributed by atoms with Gasteiger partial charge in [0.25, 0.3) is 0 Å². The molecule has 4 nitrogen and oxygen atoms in total. The molecule has 0 aliphatic rings. The lowest BCUT2D eigenvalue weighted by atomic mass is 10.2. The highest BCUT2D eigenvalue weighted by molar-refractivity contribution is 9.10. The van der Waals surface area contributed by atoms with Gasteiger partial charge in [0.2, 0.25) is 10.0 Å². The van der Waals surface area contributed by atoms with Gasteiger partial charge in [-0.2, -0.15) is 4.31 Å². The van der Waals surface area contributed by atoms with Crippen LogP contribution in [0, 0.1) is 0 Å². The Morgan fingerprint density at radius 1 is 1.41 bits per heavy atom. The molecule has 1 aromatic carbocycles. The van der Waals surface area contributed by atoms with Crippen LogP contribution in [-0.4, -0.2) is 25.8 Å². The molecular weight excluding hydrogens is 304 g/mol. The highest BCUT2D eigenvalue weighted by Crippen LogP contribution is 2.26. The smallest absolute Gasteiger partial charge is 0.244 e. The third-order valence-electron chi connectivity index (χ3n) is 2.62. The molecule has 96 valence electrons. The lowest BCUT2D eigenvalue weighted by Crippen LogP contribution is -2.33. The Bertz CT molecular complexity index is 500. The molecule has 6 heteroatoms. The van der Waals surface area contributed by atoms with E-state index in [4.69, 9.17) is 5.73 Å². The summed E-state index contributed by atoms with van der Waals surface area (Å²) >= 11 is 3.27. The molecule has 0 atom stereocenters. The van der Waals surface area contributed by atoms with E-state index >= 15 is 0 Å². The predicted molar refractivity (Wildman–Crippen MR) is 72.1 cm³/mol. The van der Waals surface area contributed by atoms with Crippen LogP contribution in [-0.2, 0) is 16.6 Å². The van der Waals surface area contributed by atoms with E-state index in [-0.39, 0.29) is 10.9 Å². The third-order valence-corrected chi connectivity index (χ3v) is 5.64. The van der Waals surface area contributed by atoms with E-state index in [1.165, 1.54) is 4.31 Å². The molecule has 0 aliphatic heterocycles. The fourth-order valence-corrected chi connectivity index (χ4v) is 3.65. The molecule has 0 aliphatic carbocycles. The zero-order chi connectivity index (χ0) is 13.2. The minimum Gasteiger partial charge on any atom is -0.326 e. The molecule has 1 aromatic rings. The van der Waals surface area contributed by atoms with Crippen LogP contribution >= 0.6 is 15.9 Å². The van der Waals surface area contributed by atoms with E-state index in [2.05, 4.69) is 15.9 Å². The molecule has 0 radical (unpaired) electrons. The maximum atomic E-state index is 12.3. The summed E-state index contributed by atoms with van der Waals surface area (Å²) in [5.41, 5.74) is 6.32. The van der Waals surface area contributed by atoms with E-state index < -0.39 is 10.0 Å². The lowest BCUT2D eigenvalue weighted by Gasteiger charge is -2.22. The summed E-state index contributed by atoms with van der Waals surface area (Å²) in [6.07, 6.45) is 0. The zero-order valence-electron chi connectivity index (χ0n) is 10.1. The number of halogens is 1. The minimum absolute atomic E-state index is 0.0894. The van der Waals surface area contributed by atoms with Crippen molar-refractivity contribution in [2.45, 2.75) is 31.3 Å². The first-order chi connectivity index (χ1) is 7.80. The topological polar surface area (TPSA) is 63.4 Å². The summed E-state index contributed by atoms with van der Waals surface area (Å²) in [4.78, 5) is 0.261. The summed E-state index contributed by atoms with van der Waals surface area (Å²) in [5, 5.41) is 0. The Kier molecular flexibility index (Phi) is 4.71. The molecule has 0 spiro atoms. The quantitative estimate of drug-likeness (QED) is 0.922. The third kappa shape index (κ3) is 3.07. The molecule has 0 heterocycles. The van der Waals surface area contributed by atoms with Crippen molar-refractivity contribution in [1.82, 2.24) is 4.31 Å². The molecule has 0 fully saturated rings. The van der Waals surface area contributed by atoms with Gasteiger partial charge in [-0.25, -0.2) is 8.42 Å². The molecule has 0 saturated heterocycles. The fraction of sp³-hybridized carbons (Fsp3) is 0.455. The van der Waals surface area contributed by atoms with Crippen molar-refractivity contribution in [2.75, 3.05) is 7.05 Å². The summed E-state index contributed by atoms with van der Waals surface area (Å²) in [5.74, 6) is 0. The normalized spacial score (nSPS) is 12.4. The Labute approximate surface area is 111 Å². The van der Waals surface area contributed by atoms with Gasteiger partial charge >= 0.3 is 0 Å². The van der Waals surface area contributed by atoms with Crippen LogP contribution in [0.3, 0.4) is 0 Å². The van der Waals surface area contributed by atoms with Crippen molar-refractivity contribution in [3.05, 3.63) is 28.2 Å². The summed E-state index contributed by atoms with van der Waals surface area (Å²) in [6.45, 7) is 3.98. The number of nitrogens with zero attached hydrogens (tertiary/aromatic N) is 1. The van der Waals surface area contributed by atoms with Crippen LogP contribution in [0.25, 0.3) is 0 Å². The van der Waals surface area contributed by atoms with Gasteiger partial charge in [-0.05, 0) is 47.5 Å². The molecule has 2 N–H and O–H groups in total. The lowest BCUT2D eigenvalue weighted by molar-refractivity contribution is 0.410. The number of rotatable bonds is 4. The summed E-state index contributed by atoms with van der Waals surface area (Å²) < 4.78 is 26.5. The Hall–Kier alpha value is -0.430. The molecule has 0 aromatic heterocycles. The van der Waals surface area contributed by atoms with Crippen LogP contribution in [0.5, 0.6) is 0 Å². The second-order valence-electron chi connectivity index (χ2n) is 4.08. The van der Waals surface area contributed by atoms with Gasteiger partial charge in [0.05, 0.1) is 4.90 Å². The van der Waals surface area contributed by atoms with Crippen molar-refractivity contribution >= 4 is 26.0 Å². The van der Waals surface area contributed by atoms with Crippen LogP contribution in [0.15, 0.2) is 27.6 Å². The van der Waals surface area contributed by atoms with Gasteiger partial charge in [-0.1, -0.05) is 6.07 Å². The summed E-state index contributed by atoms with van der Waals surface area (Å²) in [7, 11) is -1.90. The fourth-order valence-electron chi connectivity index (χ4n) is 1.31. The number of nitrogens with two attached hydrogens (primary N) is 1. The van der Waals surface area contributed by atoms with Crippen LogP contribution in [0.4, 0.5) is 0 Å². The van der Waals surface area contributed by atoms with Crippen molar-refractivity contribution in [3.8, 4) is 0 Å². The van der Waals surface area contributed by atoms with Gasteiger partial charge in [0.15, 0.2) is 0 Å². The molecule has 0 bridgehead atoms. The largest absolute Gasteiger partial charge is 0.326 e. The highest BCUT2D eigenvalue weighted by atomic mass is 79.9. The molecular formula is C11H17BrN2O2S. The van der Waals surface area contributed by atoms with Crippen molar-refractivity contribution in [1.29, 1.82) is 0 Å². The van der Waals surface area contributed by atoms with Crippen molar-refractivity contribution in [2.24, 2.45) is 5.73 Å². The first-order valence-corrected chi connectivity index (χ1v) is 7.50. The average molecular weight is 321 g/mol. The first kappa shape index (κ1) is 14.6. The number of sulfonamides is 1. The van der Waals surface area contributed by atoms with Crippen LogP contribution < -0.4 is 5.73 Å². The van der Waals surface area contributed by atoms with Gasteiger partial charge in [-0.15, -0.1) is 0 Å². The van der Waals surface area contributed by atoms with Gasteiger partial charge in [-0.3, -0.25) is 0 Å². The van der Waals surface area contributed by atoms with E-state index in [0.717, 1.165) is 5.56 Å². The maximum Gasteiger partial charge on any atom is 0.244 e. The van der Waals surface area contributed by atoms with E-state index in [0.29, 0.717) is 11.0 Å². The first-order valence-electron chi connectivity index (χ1n) is 5.27. The standard InChI is InChI=1S/C11H17BrN2O2S/c1-8(2)14(3)17(15,16)11-6-9(7-13)4-5-10(11)12/h4-6,8H,7,13H2,1-3H3. The monoisotopic (exact) mass is 320 g/mol. The van der Waals surface area contributed by atoms with Crippen molar-refractivity contribution < 1.29 is 8.42 Å². The molecule has 0 unspecified atom stereocenters. The summed E-state index contributed by atoms with van der Waals surface area (Å²) in [6, 6.07) is 5.04. The average Bonchev–Trinajstić information content (AvgIpc) is 2.28. The molecule has 17 heavy (non-hydrogen) atoms. The Balaban J connectivity index is 3.32. The molecule has 0 saturated carbocycles. The van der Waals surface area contributed by atoms with Gasteiger partial charge < -0.3 is 5.73 Å². The molecule has 0 amide bonds. The Morgan fingerprint density at radius 3 is 2.47 bits per heavy atom. The van der Waals surface area contributed by atoms with E-state index in [1.54, 1.807) is 25.2 Å². The van der Waals surface area contributed by atoms with Gasteiger partial charge in [0.1, 0.15) is 0 Å². The van der Waals surface area contributed by atoms with Crippen LogP contribution in [0.2, 0.25) is 0 Å². The second kappa shape index (κ2) is 5.48. The van der Waals surface area contributed by atoms with Crippen LogP contribution in [0.1, 0.15) is 19.4 Å². The second-order valence-corrected chi connectivity index (χ2v) is 6.90. The number of benzene rings is 1.